The molecule has 0 fully saturated rings. The van der Waals surface area contributed by atoms with E-state index < -0.39 is 7.12 Å². The number of oxime groups is 1. The molecule has 1 atom stereocenters. The summed E-state index contributed by atoms with van der Waals surface area (Å²) in [6.45, 7) is 5.80. The Bertz CT molecular complexity index is 1460. The first-order valence-corrected chi connectivity index (χ1v) is 10.8. The molecule has 0 saturated carbocycles. The van der Waals surface area contributed by atoms with Crippen LogP contribution in [0.1, 0.15) is 35.2 Å². The number of hydrogen-bond acceptors (Lipinski definition) is 6. The molecule has 33 heavy (non-hydrogen) atoms. The molecule has 5 rings (SSSR count). The number of aryl methyl sites for hydroxylation is 2. The van der Waals surface area contributed by atoms with Crippen LogP contribution in [0.25, 0.3) is 22.1 Å². The molecule has 3 aromatic carbocycles. The Balaban J connectivity index is 1.54. The van der Waals surface area contributed by atoms with Crippen LogP contribution < -0.4 is 16.2 Å². The highest BCUT2D eigenvalue weighted by Gasteiger charge is 2.25. The first-order valence-electron chi connectivity index (χ1n) is 10.8. The molecule has 1 unspecified atom stereocenters. The average molecular weight is 438 g/mol. The summed E-state index contributed by atoms with van der Waals surface area (Å²) in [5.74, 6) is 0. The van der Waals surface area contributed by atoms with Gasteiger partial charge in [-0.05, 0) is 55.7 Å². The molecule has 1 aromatic heterocycles. The summed E-state index contributed by atoms with van der Waals surface area (Å²) in [6, 6.07) is 17.6. The Morgan fingerprint density at radius 2 is 1.91 bits per heavy atom. The van der Waals surface area contributed by atoms with Crippen LogP contribution in [0.3, 0.4) is 0 Å². The summed E-state index contributed by atoms with van der Waals surface area (Å²) in [4.78, 5) is 12.7. The quantitative estimate of drug-likeness (QED) is 0.464. The van der Waals surface area contributed by atoms with Gasteiger partial charge in [0.2, 0.25) is 0 Å². The fourth-order valence-corrected chi connectivity index (χ4v) is 4.29. The lowest BCUT2D eigenvalue weighted by molar-refractivity contribution is 0.286. The van der Waals surface area contributed by atoms with Crippen molar-refractivity contribution in [2.45, 2.75) is 26.8 Å². The van der Waals surface area contributed by atoms with Crippen molar-refractivity contribution >= 4 is 35.5 Å². The standard InChI is InChI=1S/C26H23BN2O4/c1-15-10-21(26-22(11-15)25(30)16(2)14-32-26)17(3)29-24-7-5-4-6-20(24)18-8-9-23-19(12-18)13-28-33-27(23)31/h4-14,17,29,31H,1-3H3. The van der Waals surface area contributed by atoms with E-state index in [0.717, 1.165) is 33.5 Å². The van der Waals surface area contributed by atoms with Gasteiger partial charge in [-0.3, -0.25) is 4.79 Å². The third-order valence-corrected chi connectivity index (χ3v) is 6.00. The summed E-state index contributed by atoms with van der Waals surface area (Å²) in [6.07, 6.45) is 3.13. The first kappa shape index (κ1) is 21.0. The van der Waals surface area contributed by atoms with Gasteiger partial charge in [-0.15, -0.1) is 5.16 Å². The average Bonchev–Trinajstić information content (AvgIpc) is 2.81. The van der Waals surface area contributed by atoms with Crippen molar-refractivity contribution in [3.8, 4) is 11.1 Å². The van der Waals surface area contributed by atoms with Crippen LogP contribution in [0.2, 0.25) is 0 Å². The topological polar surface area (TPSA) is 84.1 Å². The van der Waals surface area contributed by atoms with Gasteiger partial charge in [0.1, 0.15) is 5.58 Å². The molecule has 0 saturated heterocycles. The normalized spacial score (nSPS) is 13.5. The highest BCUT2D eigenvalue weighted by Crippen LogP contribution is 2.33. The maximum absolute atomic E-state index is 12.7. The van der Waals surface area contributed by atoms with Gasteiger partial charge >= 0.3 is 7.12 Å². The van der Waals surface area contributed by atoms with E-state index in [-0.39, 0.29) is 11.5 Å². The number of benzene rings is 3. The van der Waals surface area contributed by atoms with E-state index in [0.29, 0.717) is 22.0 Å². The van der Waals surface area contributed by atoms with Crippen molar-refractivity contribution in [2.75, 3.05) is 5.32 Å². The summed E-state index contributed by atoms with van der Waals surface area (Å²) in [5, 5.41) is 18.0. The molecule has 0 aliphatic carbocycles. The Morgan fingerprint density at radius 1 is 1.09 bits per heavy atom. The first-order chi connectivity index (χ1) is 15.9. The predicted octanol–water partition coefficient (Wildman–Crippen LogP) is 4.30. The molecule has 2 N–H and O–H groups in total. The predicted molar refractivity (Wildman–Crippen MR) is 132 cm³/mol. The number of rotatable bonds is 4. The second-order valence-electron chi connectivity index (χ2n) is 8.43. The van der Waals surface area contributed by atoms with Gasteiger partial charge in [0.25, 0.3) is 0 Å². The Labute approximate surface area is 191 Å². The summed E-state index contributed by atoms with van der Waals surface area (Å²) < 4.78 is 10.8. The summed E-state index contributed by atoms with van der Waals surface area (Å²) in [5.41, 5.74) is 7.57. The number of nitrogens with one attached hydrogen (secondary N) is 1. The van der Waals surface area contributed by atoms with Gasteiger partial charge in [-0.2, -0.15) is 0 Å². The smallest absolute Gasteiger partial charge is 0.463 e. The minimum absolute atomic E-state index is 0.00399. The lowest BCUT2D eigenvalue weighted by atomic mass is 9.75. The van der Waals surface area contributed by atoms with Gasteiger partial charge in [0, 0.05) is 27.8 Å². The minimum atomic E-state index is -1.06. The second-order valence-corrected chi connectivity index (χ2v) is 8.43. The molecule has 0 radical (unpaired) electrons. The van der Waals surface area contributed by atoms with Crippen molar-refractivity contribution in [1.29, 1.82) is 0 Å². The van der Waals surface area contributed by atoms with Crippen molar-refractivity contribution in [1.82, 2.24) is 0 Å². The minimum Gasteiger partial charge on any atom is -0.463 e. The van der Waals surface area contributed by atoms with E-state index in [4.69, 9.17) is 9.17 Å². The van der Waals surface area contributed by atoms with E-state index in [1.54, 1.807) is 13.1 Å². The second kappa shape index (κ2) is 8.26. The van der Waals surface area contributed by atoms with Crippen LogP contribution in [0.15, 0.2) is 75.2 Å². The summed E-state index contributed by atoms with van der Waals surface area (Å²) >= 11 is 0. The van der Waals surface area contributed by atoms with E-state index >= 15 is 0 Å². The van der Waals surface area contributed by atoms with Gasteiger partial charge < -0.3 is 19.5 Å². The van der Waals surface area contributed by atoms with Crippen LogP contribution in [0, 0.1) is 13.8 Å². The zero-order valence-electron chi connectivity index (χ0n) is 18.6. The zero-order chi connectivity index (χ0) is 23.1. The van der Waals surface area contributed by atoms with Gasteiger partial charge in [-0.25, -0.2) is 0 Å². The zero-order valence-corrected chi connectivity index (χ0v) is 18.6. The molecule has 7 heteroatoms. The van der Waals surface area contributed by atoms with Crippen LogP contribution in [0.5, 0.6) is 0 Å². The molecule has 4 aromatic rings. The largest absolute Gasteiger partial charge is 0.583 e. The lowest BCUT2D eigenvalue weighted by Gasteiger charge is -2.21. The summed E-state index contributed by atoms with van der Waals surface area (Å²) in [7, 11) is -1.06. The van der Waals surface area contributed by atoms with Crippen LogP contribution in [-0.4, -0.2) is 18.4 Å². The van der Waals surface area contributed by atoms with E-state index in [1.165, 1.54) is 6.26 Å². The molecule has 0 amide bonds. The highest BCUT2D eigenvalue weighted by molar-refractivity contribution is 6.62. The SMILES string of the molecule is Cc1cc(C(C)Nc2ccccc2-c2ccc3c(c2)C=NOB3O)c2occ(C)c(=O)c2c1. The van der Waals surface area contributed by atoms with Gasteiger partial charge in [0.15, 0.2) is 5.43 Å². The van der Waals surface area contributed by atoms with Gasteiger partial charge in [-0.1, -0.05) is 36.4 Å². The Hall–Kier alpha value is -3.84. The number of nitrogens with zero attached hydrogens (tertiary/aromatic N) is 1. The number of hydrogen-bond donors (Lipinski definition) is 2. The monoisotopic (exact) mass is 438 g/mol. The Morgan fingerprint density at radius 3 is 2.76 bits per heavy atom. The fourth-order valence-electron chi connectivity index (χ4n) is 4.29. The number of para-hydroxylation sites is 1. The van der Waals surface area contributed by atoms with Crippen molar-refractivity contribution in [3.05, 3.63) is 93.3 Å². The van der Waals surface area contributed by atoms with E-state index in [9.17, 15) is 9.82 Å². The fraction of sp³-hybridized carbons (Fsp3) is 0.154. The Kier molecular flexibility index (Phi) is 5.26. The molecule has 1 aliphatic heterocycles. The number of fused-ring (bicyclic) bond motifs is 2. The van der Waals surface area contributed by atoms with E-state index in [2.05, 4.69) is 23.5 Å². The van der Waals surface area contributed by atoms with Crippen molar-refractivity contribution < 1.29 is 14.2 Å². The molecule has 6 nitrogen and oxygen atoms in total. The van der Waals surface area contributed by atoms with E-state index in [1.807, 2.05) is 55.5 Å². The van der Waals surface area contributed by atoms with Crippen LogP contribution >= 0.6 is 0 Å². The third kappa shape index (κ3) is 3.81. The highest BCUT2D eigenvalue weighted by atomic mass is 16.6. The molecule has 2 heterocycles. The molecule has 164 valence electrons. The third-order valence-electron chi connectivity index (χ3n) is 6.00. The molecular formula is C26H23BN2O4. The molecule has 0 bridgehead atoms. The van der Waals surface area contributed by atoms with Crippen LogP contribution in [0.4, 0.5) is 5.69 Å². The molecular weight excluding hydrogens is 415 g/mol. The van der Waals surface area contributed by atoms with Gasteiger partial charge in [0.05, 0.1) is 23.9 Å². The lowest BCUT2D eigenvalue weighted by Crippen LogP contribution is -2.37. The molecule has 1 aliphatic rings. The van der Waals surface area contributed by atoms with Crippen molar-refractivity contribution in [2.24, 2.45) is 5.16 Å². The maximum atomic E-state index is 12.7. The van der Waals surface area contributed by atoms with Crippen LogP contribution in [-0.2, 0) is 4.76 Å². The van der Waals surface area contributed by atoms with Crippen molar-refractivity contribution in [3.63, 3.8) is 0 Å². The molecule has 0 spiro atoms. The number of anilines is 1. The maximum Gasteiger partial charge on any atom is 0.583 e.